The van der Waals surface area contributed by atoms with Gasteiger partial charge in [-0.15, -0.1) is 16.4 Å². The molecule has 2 aromatic heterocycles. The van der Waals surface area contributed by atoms with Crippen molar-refractivity contribution in [3.8, 4) is 5.69 Å². The standard InChI is InChI=1S/C14H13BrN4S2/c1-9-3-5-12(10(2)7-9)19-14(16-17-18-19)20-8-11-4-6-13(15)21-11/h3-7H,8H2,1-2H3. The van der Waals surface area contributed by atoms with Gasteiger partial charge in [0.25, 0.3) is 0 Å². The predicted octanol–water partition coefficient (Wildman–Crippen LogP) is 4.40. The lowest BCUT2D eigenvalue weighted by Crippen LogP contribution is -2.01. The van der Waals surface area contributed by atoms with Crippen molar-refractivity contribution in [1.29, 1.82) is 0 Å². The molecule has 3 aromatic rings. The summed E-state index contributed by atoms with van der Waals surface area (Å²) >= 11 is 6.86. The summed E-state index contributed by atoms with van der Waals surface area (Å²) in [7, 11) is 0. The minimum absolute atomic E-state index is 0.812. The summed E-state index contributed by atoms with van der Waals surface area (Å²) in [5.74, 6) is 0.863. The maximum atomic E-state index is 4.14. The third-order valence-electron chi connectivity index (χ3n) is 2.99. The van der Waals surface area contributed by atoms with Crippen LogP contribution >= 0.6 is 39.0 Å². The van der Waals surface area contributed by atoms with E-state index in [9.17, 15) is 0 Å². The van der Waals surface area contributed by atoms with Crippen LogP contribution in [0.3, 0.4) is 0 Å². The summed E-state index contributed by atoms with van der Waals surface area (Å²) in [4.78, 5) is 1.29. The second-order valence-electron chi connectivity index (χ2n) is 4.66. The first-order valence-corrected chi connectivity index (χ1v) is 8.96. The van der Waals surface area contributed by atoms with Gasteiger partial charge in [0, 0.05) is 10.6 Å². The molecule has 0 saturated heterocycles. The van der Waals surface area contributed by atoms with E-state index in [1.54, 1.807) is 23.1 Å². The van der Waals surface area contributed by atoms with Gasteiger partial charge >= 0.3 is 0 Å². The molecular weight excluding hydrogens is 368 g/mol. The largest absolute Gasteiger partial charge is 0.214 e. The van der Waals surface area contributed by atoms with E-state index in [1.807, 2.05) is 4.68 Å². The first-order valence-electron chi connectivity index (χ1n) is 6.36. The molecule has 108 valence electrons. The number of aryl methyl sites for hydroxylation is 2. The van der Waals surface area contributed by atoms with Crippen molar-refractivity contribution in [2.45, 2.75) is 24.8 Å². The highest BCUT2D eigenvalue weighted by atomic mass is 79.9. The monoisotopic (exact) mass is 380 g/mol. The van der Waals surface area contributed by atoms with Gasteiger partial charge in [-0.2, -0.15) is 4.68 Å². The lowest BCUT2D eigenvalue weighted by atomic mass is 10.1. The minimum Gasteiger partial charge on any atom is -0.187 e. The molecule has 1 aromatic carbocycles. The van der Waals surface area contributed by atoms with Crippen LogP contribution in [-0.2, 0) is 5.75 Å². The van der Waals surface area contributed by atoms with E-state index in [0.717, 1.165) is 20.4 Å². The topological polar surface area (TPSA) is 43.6 Å². The number of nitrogens with zero attached hydrogens (tertiary/aromatic N) is 4. The molecule has 0 aliphatic rings. The summed E-state index contributed by atoms with van der Waals surface area (Å²) in [6.45, 7) is 4.16. The number of hydrogen-bond acceptors (Lipinski definition) is 5. The Morgan fingerprint density at radius 2 is 2.10 bits per heavy atom. The highest BCUT2D eigenvalue weighted by molar-refractivity contribution is 9.11. The van der Waals surface area contributed by atoms with E-state index in [0.29, 0.717) is 0 Å². The van der Waals surface area contributed by atoms with Gasteiger partial charge in [0.1, 0.15) is 0 Å². The fourth-order valence-electron chi connectivity index (χ4n) is 2.03. The molecule has 3 rings (SSSR count). The highest BCUT2D eigenvalue weighted by Gasteiger charge is 2.11. The minimum atomic E-state index is 0.812. The van der Waals surface area contributed by atoms with Crippen molar-refractivity contribution in [2.24, 2.45) is 0 Å². The average Bonchev–Trinajstić information content (AvgIpc) is 3.05. The molecule has 0 unspecified atom stereocenters. The summed E-state index contributed by atoms with van der Waals surface area (Å²) < 4.78 is 2.95. The van der Waals surface area contributed by atoms with Crippen LogP contribution in [0.4, 0.5) is 0 Å². The molecule has 0 fully saturated rings. The van der Waals surface area contributed by atoms with Gasteiger partial charge in [-0.25, -0.2) is 0 Å². The molecule has 0 bridgehead atoms. The Morgan fingerprint density at radius 3 is 2.81 bits per heavy atom. The summed E-state index contributed by atoms with van der Waals surface area (Å²) in [5, 5.41) is 12.9. The van der Waals surface area contributed by atoms with E-state index in [2.05, 4.69) is 75.6 Å². The Bertz CT molecular complexity index is 766. The Labute approximate surface area is 139 Å². The van der Waals surface area contributed by atoms with Crippen LogP contribution in [-0.4, -0.2) is 20.2 Å². The number of thioether (sulfide) groups is 1. The molecule has 4 nitrogen and oxygen atoms in total. The number of tetrazole rings is 1. The van der Waals surface area contributed by atoms with Crippen molar-refractivity contribution in [3.63, 3.8) is 0 Å². The highest BCUT2D eigenvalue weighted by Crippen LogP contribution is 2.29. The lowest BCUT2D eigenvalue weighted by Gasteiger charge is -2.07. The Hall–Kier alpha value is -1.18. The number of halogens is 1. The first kappa shape index (κ1) is 14.7. The van der Waals surface area contributed by atoms with Crippen molar-refractivity contribution in [3.05, 3.63) is 50.1 Å². The van der Waals surface area contributed by atoms with Crippen LogP contribution in [0, 0.1) is 13.8 Å². The van der Waals surface area contributed by atoms with Crippen LogP contribution in [0.15, 0.2) is 39.3 Å². The van der Waals surface area contributed by atoms with Gasteiger partial charge < -0.3 is 0 Å². The zero-order chi connectivity index (χ0) is 14.8. The summed E-state index contributed by atoms with van der Waals surface area (Å²) in [6, 6.07) is 10.5. The van der Waals surface area contributed by atoms with Crippen molar-refractivity contribution in [1.82, 2.24) is 20.2 Å². The third-order valence-corrected chi connectivity index (χ3v) is 5.77. The van der Waals surface area contributed by atoms with Crippen LogP contribution < -0.4 is 0 Å². The summed E-state index contributed by atoms with van der Waals surface area (Å²) in [5.41, 5.74) is 3.44. The maximum absolute atomic E-state index is 4.14. The van der Waals surface area contributed by atoms with Gasteiger partial charge in [0.05, 0.1) is 9.47 Å². The zero-order valence-electron chi connectivity index (χ0n) is 11.6. The third kappa shape index (κ3) is 3.36. The average molecular weight is 381 g/mol. The van der Waals surface area contributed by atoms with Crippen molar-refractivity contribution in [2.75, 3.05) is 0 Å². The van der Waals surface area contributed by atoms with E-state index >= 15 is 0 Å². The van der Waals surface area contributed by atoms with Gasteiger partial charge in [-0.05, 0) is 64.0 Å². The lowest BCUT2D eigenvalue weighted by molar-refractivity contribution is 0.751. The normalized spacial score (nSPS) is 11.0. The molecule has 0 spiro atoms. The number of thiophene rings is 1. The van der Waals surface area contributed by atoms with Crippen LogP contribution in [0.1, 0.15) is 16.0 Å². The molecule has 2 heterocycles. The smallest absolute Gasteiger partial charge is 0.187 e. The first-order chi connectivity index (χ1) is 10.1. The van der Waals surface area contributed by atoms with E-state index in [-0.39, 0.29) is 0 Å². The zero-order valence-corrected chi connectivity index (χ0v) is 14.8. The van der Waals surface area contributed by atoms with Gasteiger partial charge in [-0.1, -0.05) is 29.5 Å². The molecule has 0 N–H and O–H groups in total. The second kappa shape index (κ2) is 6.29. The fourth-order valence-corrected chi connectivity index (χ4v) is 4.44. The molecule has 0 radical (unpaired) electrons. The molecular formula is C14H13BrN4S2. The molecule has 0 atom stereocenters. The molecule has 21 heavy (non-hydrogen) atoms. The predicted molar refractivity (Wildman–Crippen MR) is 90.2 cm³/mol. The second-order valence-corrected chi connectivity index (χ2v) is 8.15. The van der Waals surface area contributed by atoms with Crippen LogP contribution in [0.2, 0.25) is 0 Å². The molecule has 0 aliphatic carbocycles. The van der Waals surface area contributed by atoms with Crippen LogP contribution in [0.5, 0.6) is 0 Å². The number of benzene rings is 1. The summed E-state index contributed by atoms with van der Waals surface area (Å²) in [6.07, 6.45) is 0. The SMILES string of the molecule is Cc1ccc(-n2nnnc2SCc2ccc(Br)s2)c(C)c1. The Kier molecular flexibility index (Phi) is 4.42. The van der Waals surface area contributed by atoms with Crippen molar-refractivity contribution < 1.29 is 0 Å². The van der Waals surface area contributed by atoms with Crippen molar-refractivity contribution >= 4 is 39.0 Å². The Morgan fingerprint density at radius 1 is 1.24 bits per heavy atom. The van der Waals surface area contributed by atoms with Gasteiger partial charge in [0.2, 0.25) is 5.16 Å². The van der Waals surface area contributed by atoms with Crippen LogP contribution in [0.25, 0.3) is 5.69 Å². The Balaban J connectivity index is 1.83. The maximum Gasteiger partial charge on any atom is 0.214 e. The molecule has 0 aliphatic heterocycles. The van der Waals surface area contributed by atoms with E-state index in [1.165, 1.54) is 16.0 Å². The molecule has 7 heteroatoms. The van der Waals surface area contributed by atoms with Gasteiger partial charge in [-0.3, -0.25) is 0 Å². The number of rotatable bonds is 4. The quantitative estimate of drug-likeness (QED) is 0.629. The van der Waals surface area contributed by atoms with E-state index in [4.69, 9.17) is 0 Å². The number of hydrogen-bond donors (Lipinski definition) is 0. The molecule has 0 saturated carbocycles. The van der Waals surface area contributed by atoms with Gasteiger partial charge in [0.15, 0.2) is 0 Å². The fraction of sp³-hybridized carbons (Fsp3) is 0.214. The molecule has 0 amide bonds. The van der Waals surface area contributed by atoms with E-state index < -0.39 is 0 Å². The number of aromatic nitrogens is 4.